The van der Waals surface area contributed by atoms with Gasteiger partial charge < -0.3 is 76.1 Å². The van der Waals surface area contributed by atoms with Gasteiger partial charge in [-0.15, -0.1) is 0 Å². The highest BCUT2D eigenvalue weighted by Crippen LogP contribution is 2.61. The number of nitrogens with zero attached hydrogens (tertiary/aromatic N) is 8. The summed E-state index contributed by atoms with van der Waals surface area (Å²) in [6.45, 7) is -3.18. The lowest BCUT2D eigenvalue weighted by atomic mass is 10.00. The second kappa shape index (κ2) is 17.1. The van der Waals surface area contributed by atoms with Gasteiger partial charge in [-0.1, -0.05) is 0 Å². The molecule has 7 heterocycles. The highest BCUT2D eigenvalue weighted by Gasteiger charge is 2.52. The van der Waals surface area contributed by atoms with Crippen LogP contribution in [0.1, 0.15) is 12.5 Å². The predicted octanol–water partition coefficient (Wildman–Crippen LogP) is -4.74. The van der Waals surface area contributed by atoms with E-state index in [9.17, 15) is 64.1 Å². The molecule has 34 heteroatoms. The number of anilines is 2. The number of fused-ring (bicyclic) bond motifs is 2. The van der Waals surface area contributed by atoms with Crippen LogP contribution in [0.5, 0.6) is 0 Å². The van der Waals surface area contributed by atoms with Crippen molar-refractivity contribution < 1.29 is 101 Å². The fourth-order valence-electron chi connectivity index (χ4n) is 6.34. The molecule has 4 aromatic heterocycles. The molecule has 0 amide bonds. The van der Waals surface area contributed by atoms with Crippen LogP contribution in [0, 0.1) is 0 Å². The minimum atomic E-state index is -5.65. The molecule has 3 aliphatic rings. The van der Waals surface area contributed by atoms with E-state index in [1.54, 1.807) is 0 Å². The molecule has 0 aromatic carbocycles. The molecule has 0 spiro atoms. The lowest BCUT2D eigenvalue weighted by Gasteiger charge is -2.38. The van der Waals surface area contributed by atoms with E-state index in [1.165, 1.54) is 10.9 Å². The van der Waals surface area contributed by atoms with Gasteiger partial charge >= 0.3 is 23.5 Å². The minimum absolute atomic E-state index is 0.0103. The van der Waals surface area contributed by atoms with Crippen molar-refractivity contribution in [3.63, 3.8) is 0 Å². The first-order chi connectivity index (χ1) is 28.2. The van der Waals surface area contributed by atoms with Gasteiger partial charge in [-0.3, -0.25) is 27.2 Å². The third kappa shape index (κ3) is 9.08. The average molecular weight is 919 g/mol. The largest absolute Gasteiger partial charge is 0.481 e. The fourth-order valence-corrected chi connectivity index (χ4v) is 9.36. The van der Waals surface area contributed by atoms with Gasteiger partial charge in [-0.05, 0) is 0 Å². The van der Waals surface area contributed by atoms with Gasteiger partial charge in [0, 0.05) is 0 Å². The first-order valence-corrected chi connectivity index (χ1v) is 21.6. The molecule has 16 atom stereocenters. The van der Waals surface area contributed by atoms with Gasteiger partial charge in [-0.2, -0.15) is 4.31 Å². The number of nitrogens with two attached hydrogens (primary N) is 2. The van der Waals surface area contributed by atoms with Crippen molar-refractivity contribution >= 4 is 57.4 Å². The number of aromatic nitrogens is 8. The SMILES string of the molecule is Nc1ncnc2c1ncn2[C@@H]1O[C@H](COP(=O)(O)O[C@@H]2[C@H](O)[C@@H](COP(=O)(O)OP(=O)(O)OC[C@@H]3OC(O)[C@H](O)[C@H](O)[C@H]3O)O[C@H]2n2cnc3c(N)ncnc32)[C@@H](O)[C@H]1O. The number of rotatable bonds is 15. The van der Waals surface area contributed by atoms with Crippen LogP contribution in [0.4, 0.5) is 11.6 Å². The van der Waals surface area contributed by atoms with E-state index in [0.717, 1.165) is 23.5 Å². The molecule has 3 aliphatic heterocycles. The zero-order chi connectivity index (χ0) is 43.5. The highest BCUT2D eigenvalue weighted by atomic mass is 31.3. The summed E-state index contributed by atoms with van der Waals surface area (Å²) in [5, 5.41) is 71.8. The van der Waals surface area contributed by atoms with Crippen LogP contribution in [0.25, 0.3) is 22.3 Å². The van der Waals surface area contributed by atoms with Gasteiger partial charge in [0.2, 0.25) is 0 Å². The van der Waals surface area contributed by atoms with Gasteiger partial charge in [0.1, 0.15) is 84.7 Å². The molecular formula is C26H37N10O21P3. The monoisotopic (exact) mass is 918 g/mol. The van der Waals surface area contributed by atoms with Gasteiger partial charge in [0.05, 0.1) is 32.5 Å². The summed E-state index contributed by atoms with van der Waals surface area (Å²) in [6.07, 6.45) is -18.8. The molecule has 60 heavy (non-hydrogen) atoms. The highest BCUT2D eigenvalue weighted by molar-refractivity contribution is 7.61. The van der Waals surface area contributed by atoms with E-state index in [1.807, 2.05) is 0 Å². The number of aliphatic hydroxyl groups is 7. The van der Waals surface area contributed by atoms with E-state index < -0.39 is 123 Å². The van der Waals surface area contributed by atoms with Crippen molar-refractivity contribution in [2.24, 2.45) is 0 Å². The van der Waals surface area contributed by atoms with Crippen LogP contribution in [-0.2, 0) is 50.3 Å². The molecule has 332 valence electrons. The molecular weight excluding hydrogens is 881 g/mol. The summed E-state index contributed by atoms with van der Waals surface area (Å²) in [5.41, 5.74) is 11.9. The zero-order valence-electron chi connectivity index (χ0n) is 30.0. The molecule has 3 fully saturated rings. The van der Waals surface area contributed by atoms with Crippen LogP contribution in [0.15, 0.2) is 25.3 Å². The normalized spacial score (nSPS) is 35.4. The first-order valence-electron chi connectivity index (χ1n) is 17.1. The van der Waals surface area contributed by atoms with Gasteiger partial charge in [0.15, 0.2) is 41.7 Å². The Morgan fingerprint density at radius 1 is 0.567 bits per heavy atom. The average Bonchev–Trinajstić information content (AvgIpc) is 3.95. The molecule has 3 saturated heterocycles. The summed E-state index contributed by atoms with van der Waals surface area (Å²) in [6, 6.07) is 0. The van der Waals surface area contributed by atoms with Gasteiger partial charge in [-0.25, -0.2) is 43.6 Å². The van der Waals surface area contributed by atoms with Crippen LogP contribution in [0.3, 0.4) is 0 Å². The quantitative estimate of drug-likeness (QED) is 0.0498. The Morgan fingerprint density at radius 3 is 1.57 bits per heavy atom. The maximum atomic E-state index is 13.4. The second-order valence-corrected chi connectivity index (χ2v) is 17.7. The smallest absolute Gasteiger partial charge is 0.387 e. The molecule has 7 rings (SSSR count). The first kappa shape index (κ1) is 44.7. The number of hydrogen-bond acceptors (Lipinski definition) is 26. The van der Waals surface area contributed by atoms with Crippen molar-refractivity contribution in [1.82, 2.24) is 39.0 Å². The summed E-state index contributed by atoms with van der Waals surface area (Å²) in [4.78, 5) is 55.0. The van der Waals surface area contributed by atoms with Crippen molar-refractivity contribution in [2.45, 2.75) is 79.8 Å². The number of nitrogen functional groups attached to an aromatic ring is 2. The third-order valence-corrected chi connectivity index (χ3v) is 12.9. The van der Waals surface area contributed by atoms with Crippen LogP contribution >= 0.6 is 23.5 Å². The second-order valence-electron chi connectivity index (χ2n) is 13.2. The maximum absolute atomic E-state index is 13.4. The van der Waals surface area contributed by atoms with Crippen molar-refractivity contribution in [3.8, 4) is 0 Å². The number of phosphoric acid groups is 3. The molecule has 0 aliphatic carbocycles. The minimum Gasteiger partial charge on any atom is -0.387 e. The Bertz CT molecular complexity index is 2330. The van der Waals surface area contributed by atoms with Crippen molar-refractivity contribution in [2.75, 3.05) is 31.3 Å². The summed E-state index contributed by atoms with van der Waals surface area (Å²) < 4.78 is 81.2. The summed E-state index contributed by atoms with van der Waals surface area (Å²) in [7, 11) is -16.6. The number of imidazole rings is 2. The van der Waals surface area contributed by atoms with Crippen LogP contribution < -0.4 is 11.5 Å². The molecule has 31 nitrogen and oxygen atoms in total. The Labute approximate surface area is 333 Å². The lowest BCUT2D eigenvalue weighted by molar-refractivity contribution is -0.285. The predicted molar refractivity (Wildman–Crippen MR) is 188 cm³/mol. The molecule has 4 unspecified atom stereocenters. The molecule has 0 saturated carbocycles. The molecule has 0 radical (unpaired) electrons. The Morgan fingerprint density at radius 2 is 1.02 bits per heavy atom. The third-order valence-electron chi connectivity index (χ3n) is 9.33. The van der Waals surface area contributed by atoms with E-state index in [-0.39, 0.29) is 34.0 Å². The van der Waals surface area contributed by atoms with E-state index in [0.29, 0.717) is 0 Å². The Balaban J connectivity index is 1.02. The van der Waals surface area contributed by atoms with Crippen LogP contribution in [0.2, 0.25) is 0 Å². The molecule has 14 N–H and O–H groups in total. The van der Waals surface area contributed by atoms with Gasteiger partial charge in [0.25, 0.3) is 0 Å². The standard InChI is InChI=1S/C26H37N10O21P3/c27-20-11-22(31-4-29-20)35(6-33-11)24-17(41)14(38)8(53-24)1-50-58(44,45)56-19-15(39)10(54-25(19)36-7-34-12-21(28)30-5-32-23(12)36)3-52-60(48,49)57-59(46,47)51-2-9-13(37)16(40)18(42)26(43)55-9/h4-10,13-19,24-26,37-43H,1-3H2,(H,44,45)(H,46,47)(H,48,49)(H2,27,29,31)(H2,28,30,32)/t8-,9+,10-,13+,14-,15-,16-,17-,18-,19-,24-,25-,26?/m1/s1. The van der Waals surface area contributed by atoms with Crippen LogP contribution in [-0.4, -0.2) is 177 Å². The Kier molecular flexibility index (Phi) is 12.7. The lowest BCUT2D eigenvalue weighted by Crippen LogP contribution is -2.58. The topological polar surface area (TPSA) is 467 Å². The molecule has 0 bridgehead atoms. The van der Waals surface area contributed by atoms with E-state index in [2.05, 4.69) is 38.7 Å². The van der Waals surface area contributed by atoms with E-state index in [4.69, 9.17) is 39.2 Å². The Hall–Kier alpha value is -3.33. The number of ether oxygens (including phenoxy) is 3. The van der Waals surface area contributed by atoms with Crippen molar-refractivity contribution in [1.29, 1.82) is 0 Å². The zero-order valence-corrected chi connectivity index (χ0v) is 32.7. The number of hydrogen-bond donors (Lipinski definition) is 12. The molecule has 4 aromatic rings. The summed E-state index contributed by atoms with van der Waals surface area (Å²) >= 11 is 0. The number of aliphatic hydroxyl groups excluding tert-OH is 7. The van der Waals surface area contributed by atoms with E-state index >= 15 is 0 Å². The van der Waals surface area contributed by atoms with Crippen molar-refractivity contribution in [3.05, 3.63) is 25.3 Å². The number of phosphoric ester groups is 3. The fraction of sp³-hybridized carbons (Fsp3) is 0.615. The maximum Gasteiger partial charge on any atom is 0.481 e. The summed E-state index contributed by atoms with van der Waals surface area (Å²) in [5.74, 6) is -0.0872.